The standard InChI is InChI=1S/C13H14F3NO/c1-17-7-3-5-10-8-9-4-2-6-11(12(9)18-10)13(14,15)16/h2,4,6,8,17H,3,5,7H2,1H3. The number of hydrogen-bond donors (Lipinski definition) is 1. The number of nitrogens with one attached hydrogen (secondary N) is 1. The molecule has 0 radical (unpaired) electrons. The number of alkyl halides is 3. The Labute approximate surface area is 103 Å². The van der Waals surface area contributed by atoms with E-state index in [9.17, 15) is 13.2 Å². The van der Waals surface area contributed by atoms with E-state index in [1.807, 2.05) is 7.05 Å². The molecule has 0 aliphatic rings. The van der Waals surface area contributed by atoms with Gasteiger partial charge in [-0.15, -0.1) is 0 Å². The molecule has 0 bridgehead atoms. The molecule has 0 atom stereocenters. The Hall–Kier alpha value is -1.49. The maximum atomic E-state index is 12.8. The van der Waals surface area contributed by atoms with Crippen LogP contribution in [0.15, 0.2) is 28.7 Å². The van der Waals surface area contributed by atoms with Crippen LogP contribution >= 0.6 is 0 Å². The topological polar surface area (TPSA) is 25.2 Å². The molecule has 0 amide bonds. The van der Waals surface area contributed by atoms with Gasteiger partial charge in [0.25, 0.3) is 0 Å². The highest BCUT2D eigenvalue weighted by atomic mass is 19.4. The van der Waals surface area contributed by atoms with Crippen LogP contribution in [0.1, 0.15) is 17.7 Å². The van der Waals surface area contributed by atoms with E-state index in [4.69, 9.17) is 4.42 Å². The molecule has 1 aromatic carbocycles. The molecule has 1 N–H and O–H groups in total. The van der Waals surface area contributed by atoms with E-state index in [0.29, 0.717) is 17.6 Å². The van der Waals surface area contributed by atoms with Crippen molar-refractivity contribution in [2.45, 2.75) is 19.0 Å². The van der Waals surface area contributed by atoms with E-state index in [2.05, 4.69) is 5.32 Å². The van der Waals surface area contributed by atoms with Crippen molar-refractivity contribution < 1.29 is 17.6 Å². The van der Waals surface area contributed by atoms with Gasteiger partial charge in [0.05, 0.1) is 5.56 Å². The minimum Gasteiger partial charge on any atom is -0.460 e. The molecule has 2 aromatic rings. The van der Waals surface area contributed by atoms with Gasteiger partial charge in [-0.25, -0.2) is 0 Å². The van der Waals surface area contributed by atoms with Crippen molar-refractivity contribution in [3.63, 3.8) is 0 Å². The molecule has 1 heterocycles. The van der Waals surface area contributed by atoms with Crippen molar-refractivity contribution in [1.29, 1.82) is 0 Å². The highest BCUT2D eigenvalue weighted by molar-refractivity contribution is 5.81. The first-order valence-corrected chi connectivity index (χ1v) is 5.75. The first kappa shape index (κ1) is 13.0. The average Bonchev–Trinajstić information content (AvgIpc) is 2.70. The zero-order valence-electron chi connectivity index (χ0n) is 9.97. The SMILES string of the molecule is CNCCCc1cc2cccc(C(F)(F)F)c2o1. The normalized spacial score (nSPS) is 12.2. The number of fused-ring (bicyclic) bond motifs is 1. The molecule has 0 spiro atoms. The maximum absolute atomic E-state index is 12.8. The monoisotopic (exact) mass is 257 g/mol. The van der Waals surface area contributed by atoms with Crippen LogP contribution in [0, 0.1) is 0 Å². The van der Waals surface area contributed by atoms with E-state index in [1.54, 1.807) is 12.1 Å². The number of hydrogen-bond acceptors (Lipinski definition) is 2. The number of rotatable bonds is 4. The average molecular weight is 257 g/mol. The number of benzene rings is 1. The van der Waals surface area contributed by atoms with Crippen LogP contribution in [0.5, 0.6) is 0 Å². The van der Waals surface area contributed by atoms with Gasteiger partial charge < -0.3 is 9.73 Å². The minimum absolute atomic E-state index is 0.0653. The van der Waals surface area contributed by atoms with E-state index < -0.39 is 11.7 Å². The lowest BCUT2D eigenvalue weighted by molar-refractivity contribution is -0.136. The third kappa shape index (κ3) is 2.67. The molecule has 98 valence electrons. The molecule has 2 nitrogen and oxygen atoms in total. The van der Waals surface area contributed by atoms with Crippen molar-refractivity contribution in [3.05, 3.63) is 35.6 Å². The summed E-state index contributed by atoms with van der Waals surface area (Å²) >= 11 is 0. The molecule has 18 heavy (non-hydrogen) atoms. The molecule has 5 heteroatoms. The van der Waals surface area contributed by atoms with E-state index in [0.717, 1.165) is 19.0 Å². The second-order valence-corrected chi connectivity index (χ2v) is 4.14. The predicted molar refractivity (Wildman–Crippen MR) is 63.5 cm³/mol. The van der Waals surface area contributed by atoms with Gasteiger partial charge in [0.2, 0.25) is 0 Å². The van der Waals surface area contributed by atoms with Crippen molar-refractivity contribution in [1.82, 2.24) is 5.32 Å². The molecule has 0 saturated carbocycles. The van der Waals surface area contributed by atoms with Crippen LogP contribution < -0.4 is 5.32 Å². The summed E-state index contributed by atoms with van der Waals surface area (Å²) in [5.74, 6) is 0.594. The lowest BCUT2D eigenvalue weighted by Crippen LogP contribution is -2.08. The lowest BCUT2D eigenvalue weighted by Gasteiger charge is -2.06. The van der Waals surface area contributed by atoms with Gasteiger partial charge in [0.15, 0.2) is 0 Å². The molecule has 2 rings (SSSR count). The molecule has 0 fully saturated rings. The van der Waals surface area contributed by atoms with Crippen LogP contribution in [-0.4, -0.2) is 13.6 Å². The summed E-state index contributed by atoms with van der Waals surface area (Å²) in [7, 11) is 1.83. The van der Waals surface area contributed by atoms with Crippen LogP contribution in [-0.2, 0) is 12.6 Å². The Balaban J connectivity index is 2.33. The third-order valence-corrected chi connectivity index (χ3v) is 2.75. The largest absolute Gasteiger partial charge is 0.460 e. The molecule has 1 aromatic heterocycles. The van der Waals surface area contributed by atoms with Crippen LogP contribution in [0.25, 0.3) is 11.0 Å². The summed E-state index contributed by atoms with van der Waals surface area (Å²) in [6.07, 6.45) is -2.91. The zero-order valence-corrected chi connectivity index (χ0v) is 9.97. The highest BCUT2D eigenvalue weighted by Crippen LogP contribution is 2.36. The van der Waals surface area contributed by atoms with Crippen molar-refractivity contribution in [3.8, 4) is 0 Å². The van der Waals surface area contributed by atoms with Gasteiger partial charge >= 0.3 is 6.18 Å². The van der Waals surface area contributed by atoms with E-state index in [1.165, 1.54) is 6.07 Å². The van der Waals surface area contributed by atoms with E-state index in [-0.39, 0.29) is 5.58 Å². The van der Waals surface area contributed by atoms with Gasteiger partial charge in [0.1, 0.15) is 11.3 Å². The molecule has 0 aliphatic heterocycles. The number of aryl methyl sites for hydroxylation is 1. The first-order chi connectivity index (χ1) is 8.52. The summed E-state index contributed by atoms with van der Waals surface area (Å²) < 4.78 is 43.6. The Morgan fingerprint density at radius 2 is 2.06 bits per heavy atom. The fourth-order valence-corrected chi connectivity index (χ4v) is 1.90. The van der Waals surface area contributed by atoms with Gasteiger partial charge in [-0.3, -0.25) is 0 Å². The van der Waals surface area contributed by atoms with Crippen LogP contribution in [0.2, 0.25) is 0 Å². The summed E-state index contributed by atoms with van der Waals surface area (Å²) in [4.78, 5) is 0. The minimum atomic E-state index is -4.38. The molecular formula is C13H14F3NO. The maximum Gasteiger partial charge on any atom is 0.420 e. The van der Waals surface area contributed by atoms with Gasteiger partial charge in [-0.05, 0) is 32.1 Å². The summed E-state index contributed by atoms with van der Waals surface area (Å²) in [6.45, 7) is 0.809. The first-order valence-electron chi connectivity index (χ1n) is 5.75. The molecule has 0 unspecified atom stereocenters. The fraction of sp³-hybridized carbons (Fsp3) is 0.385. The Kier molecular flexibility index (Phi) is 3.61. The molecule has 0 saturated heterocycles. The van der Waals surface area contributed by atoms with Crippen LogP contribution in [0.3, 0.4) is 0 Å². The summed E-state index contributed by atoms with van der Waals surface area (Å²) in [5.41, 5.74) is -0.774. The highest BCUT2D eigenvalue weighted by Gasteiger charge is 2.34. The Morgan fingerprint density at radius 1 is 1.28 bits per heavy atom. The third-order valence-electron chi connectivity index (χ3n) is 2.75. The van der Waals surface area contributed by atoms with Crippen molar-refractivity contribution in [2.24, 2.45) is 0 Å². The second-order valence-electron chi connectivity index (χ2n) is 4.14. The van der Waals surface area contributed by atoms with Crippen molar-refractivity contribution in [2.75, 3.05) is 13.6 Å². The number of halogens is 3. The quantitative estimate of drug-likeness (QED) is 0.846. The smallest absolute Gasteiger partial charge is 0.420 e. The van der Waals surface area contributed by atoms with Crippen LogP contribution in [0.4, 0.5) is 13.2 Å². The lowest BCUT2D eigenvalue weighted by atomic mass is 10.1. The zero-order chi connectivity index (χ0) is 13.2. The fourth-order valence-electron chi connectivity index (χ4n) is 1.90. The van der Waals surface area contributed by atoms with E-state index >= 15 is 0 Å². The van der Waals surface area contributed by atoms with Crippen molar-refractivity contribution >= 4 is 11.0 Å². The second kappa shape index (κ2) is 5.02. The predicted octanol–water partition coefficient (Wildman–Crippen LogP) is 3.60. The summed E-state index contributed by atoms with van der Waals surface area (Å²) in [6, 6.07) is 5.76. The molecular weight excluding hydrogens is 243 g/mol. The molecule has 0 aliphatic carbocycles. The van der Waals surface area contributed by atoms with Gasteiger partial charge in [-0.1, -0.05) is 12.1 Å². The number of para-hydroxylation sites is 1. The Morgan fingerprint density at radius 3 is 2.72 bits per heavy atom. The van der Waals surface area contributed by atoms with Gasteiger partial charge in [0, 0.05) is 11.8 Å². The Bertz CT molecular complexity index is 531. The van der Waals surface area contributed by atoms with Gasteiger partial charge in [-0.2, -0.15) is 13.2 Å². The number of furan rings is 1. The summed E-state index contributed by atoms with van der Waals surface area (Å²) in [5, 5.41) is 3.49.